The Labute approximate surface area is 124 Å². The van der Waals surface area contributed by atoms with E-state index in [-0.39, 0.29) is 5.91 Å². The van der Waals surface area contributed by atoms with E-state index in [9.17, 15) is 4.79 Å². The van der Waals surface area contributed by atoms with Gasteiger partial charge in [0.25, 0.3) is 5.91 Å². The Morgan fingerprint density at radius 1 is 1.20 bits per heavy atom. The molecular formula is C17H21NOS. The van der Waals surface area contributed by atoms with Crippen molar-refractivity contribution in [1.82, 2.24) is 0 Å². The largest absolute Gasteiger partial charge is 0.321 e. The van der Waals surface area contributed by atoms with Crippen LogP contribution >= 0.6 is 11.3 Å². The lowest BCUT2D eigenvalue weighted by atomic mass is 10.1. The fourth-order valence-corrected chi connectivity index (χ4v) is 3.17. The van der Waals surface area contributed by atoms with Crippen molar-refractivity contribution >= 4 is 22.9 Å². The molecule has 0 saturated heterocycles. The average Bonchev–Trinajstić information content (AvgIpc) is 2.76. The van der Waals surface area contributed by atoms with Crippen molar-refractivity contribution in [2.75, 3.05) is 5.32 Å². The highest BCUT2D eigenvalue weighted by atomic mass is 32.1. The molecule has 0 unspecified atom stereocenters. The summed E-state index contributed by atoms with van der Waals surface area (Å²) in [6, 6.07) is 8.14. The maximum absolute atomic E-state index is 12.3. The Kier molecular flexibility index (Phi) is 4.61. The maximum atomic E-state index is 12.3. The number of benzene rings is 1. The summed E-state index contributed by atoms with van der Waals surface area (Å²) in [4.78, 5) is 14.4. The molecular weight excluding hydrogens is 266 g/mol. The second-order valence-corrected chi connectivity index (χ2v) is 6.47. The summed E-state index contributed by atoms with van der Waals surface area (Å²) in [6.45, 7) is 8.29. The van der Waals surface area contributed by atoms with Crippen LogP contribution in [-0.2, 0) is 6.42 Å². The molecule has 1 aromatic carbocycles. The third-order valence-corrected chi connectivity index (χ3v) is 4.50. The second-order valence-electron chi connectivity index (χ2n) is 5.21. The zero-order valence-electron chi connectivity index (χ0n) is 12.5. The number of nitrogens with one attached hydrogen (secondary N) is 1. The molecule has 0 radical (unpaired) electrons. The van der Waals surface area contributed by atoms with E-state index in [1.165, 1.54) is 10.4 Å². The lowest BCUT2D eigenvalue weighted by Gasteiger charge is -2.08. The van der Waals surface area contributed by atoms with Gasteiger partial charge in [0.2, 0.25) is 0 Å². The van der Waals surface area contributed by atoms with Gasteiger partial charge in [0, 0.05) is 10.6 Å². The molecule has 0 fully saturated rings. The van der Waals surface area contributed by atoms with Crippen LogP contribution in [0.1, 0.15) is 44.6 Å². The maximum Gasteiger partial charge on any atom is 0.265 e. The molecule has 0 spiro atoms. The van der Waals surface area contributed by atoms with Crippen LogP contribution in [0.2, 0.25) is 0 Å². The van der Waals surface area contributed by atoms with Crippen molar-refractivity contribution in [1.29, 1.82) is 0 Å². The molecule has 0 aliphatic rings. The van der Waals surface area contributed by atoms with Gasteiger partial charge in [-0.3, -0.25) is 4.79 Å². The van der Waals surface area contributed by atoms with E-state index in [0.717, 1.165) is 34.5 Å². The number of hydrogen-bond donors (Lipinski definition) is 1. The Morgan fingerprint density at radius 3 is 2.65 bits per heavy atom. The predicted octanol–water partition coefficient (Wildman–Crippen LogP) is 4.88. The van der Waals surface area contributed by atoms with Crippen LogP contribution in [0, 0.1) is 20.8 Å². The van der Waals surface area contributed by atoms with Crippen LogP contribution in [0.5, 0.6) is 0 Å². The van der Waals surface area contributed by atoms with E-state index in [2.05, 4.69) is 25.2 Å². The normalized spacial score (nSPS) is 10.6. The molecule has 3 heteroatoms. The van der Waals surface area contributed by atoms with Crippen LogP contribution in [0.15, 0.2) is 24.3 Å². The van der Waals surface area contributed by atoms with Gasteiger partial charge < -0.3 is 5.32 Å². The monoisotopic (exact) mass is 287 g/mol. The van der Waals surface area contributed by atoms with Crippen molar-refractivity contribution in [3.8, 4) is 0 Å². The van der Waals surface area contributed by atoms with E-state index >= 15 is 0 Å². The highest BCUT2D eigenvalue weighted by Crippen LogP contribution is 2.24. The number of carbonyl (C=O) groups is 1. The summed E-state index contributed by atoms with van der Waals surface area (Å²) in [6.07, 6.45) is 2.15. The van der Waals surface area contributed by atoms with Crippen LogP contribution in [0.4, 0.5) is 5.69 Å². The number of thiophene rings is 1. The third-order valence-electron chi connectivity index (χ3n) is 3.40. The number of rotatable bonds is 4. The molecule has 1 aromatic heterocycles. The third kappa shape index (κ3) is 3.28. The first-order valence-corrected chi connectivity index (χ1v) is 7.80. The zero-order chi connectivity index (χ0) is 14.7. The Hall–Kier alpha value is -1.61. The van der Waals surface area contributed by atoms with Gasteiger partial charge in [-0.1, -0.05) is 25.5 Å². The highest BCUT2D eigenvalue weighted by molar-refractivity contribution is 7.14. The molecule has 1 N–H and O–H groups in total. The van der Waals surface area contributed by atoms with Gasteiger partial charge in [-0.25, -0.2) is 0 Å². The lowest BCUT2D eigenvalue weighted by molar-refractivity contribution is 0.103. The Morgan fingerprint density at radius 2 is 1.95 bits per heavy atom. The lowest BCUT2D eigenvalue weighted by Crippen LogP contribution is -2.11. The molecule has 20 heavy (non-hydrogen) atoms. The van der Waals surface area contributed by atoms with E-state index < -0.39 is 0 Å². The van der Waals surface area contributed by atoms with Gasteiger partial charge in [0.1, 0.15) is 0 Å². The summed E-state index contributed by atoms with van der Waals surface area (Å²) in [5, 5.41) is 3.02. The second kappa shape index (κ2) is 6.23. The number of carbonyl (C=O) groups excluding carboxylic acids is 1. The average molecular weight is 287 g/mol. The Balaban J connectivity index is 2.19. The smallest absolute Gasteiger partial charge is 0.265 e. The highest BCUT2D eigenvalue weighted by Gasteiger charge is 2.13. The molecule has 1 heterocycles. The van der Waals surface area contributed by atoms with E-state index in [1.807, 2.05) is 32.0 Å². The van der Waals surface area contributed by atoms with Gasteiger partial charge in [-0.05, 0) is 56.0 Å². The van der Waals surface area contributed by atoms with E-state index in [4.69, 9.17) is 0 Å². The van der Waals surface area contributed by atoms with Crippen molar-refractivity contribution < 1.29 is 4.79 Å². The first-order chi connectivity index (χ1) is 9.51. The quantitative estimate of drug-likeness (QED) is 0.853. The fourth-order valence-electron chi connectivity index (χ4n) is 2.20. The zero-order valence-corrected chi connectivity index (χ0v) is 13.4. The van der Waals surface area contributed by atoms with Gasteiger partial charge in [0.05, 0.1) is 4.88 Å². The first kappa shape index (κ1) is 14.8. The summed E-state index contributed by atoms with van der Waals surface area (Å²) < 4.78 is 0. The topological polar surface area (TPSA) is 29.1 Å². The molecule has 2 nitrogen and oxygen atoms in total. The molecule has 0 aliphatic heterocycles. The number of anilines is 1. The summed E-state index contributed by atoms with van der Waals surface area (Å²) in [7, 11) is 0. The minimum atomic E-state index is -0.00541. The molecule has 106 valence electrons. The molecule has 0 aliphatic carbocycles. The summed E-state index contributed by atoms with van der Waals surface area (Å²) >= 11 is 1.58. The van der Waals surface area contributed by atoms with Crippen molar-refractivity contribution in [2.24, 2.45) is 0 Å². The van der Waals surface area contributed by atoms with Crippen molar-refractivity contribution in [2.45, 2.75) is 40.5 Å². The van der Waals surface area contributed by atoms with Crippen molar-refractivity contribution in [3.63, 3.8) is 0 Å². The van der Waals surface area contributed by atoms with Crippen molar-refractivity contribution in [3.05, 3.63) is 50.7 Å². The van der Waals surface area contributed by atoms with Gasteiger partial charge in [-0.15, -0.1) is 11.3 Å². The van der Waals surface area contributed by atoms with E-state index in [1.54, 1.807) is 11.3 Å². The molecule has 0 atom stereocenters. The van der Waals surface area contributed by atoms with Gasteiger partial charge >= 0.3 is 0 Å². The minimum Gasteiger partial charge on any atom is -0.321 e. The fraction of sp³-hybridized carbons (Fsp3) is 0.353. The summed E-state index contributed by atoms with van der Waals surface area (Å²) in [5.41, 5.74) is 4.44. The SMILES string of the molecule is CCCc1cc(C(=O)Nc2cc(C)ccc2C)sc1C. The van der Waals surface area contributed by atoms with Gasteiger partial charge in [-0.2, -0.15) is 0 Å². The summed E-state index contributed by atoms with van der Waals surface area (Å²) in [5.74, 6) is -0.00541. The predicted molar refractivity (Wildman–Crippen MR) is 86.9 cm³/mol. The number of amides is 1. The van der Waals surface area contributed by atoms with E-state index in [0.29, 0.717) is 0 Å². The van der Waals surface area contributed by atoms with Gasteiger partial charge in [0.15, 0.2) is 0 Å². The Bertz CT molecular complexity index is 628. The van der Waals surface area contributed by atoms with Crippen LogP contribution in [-0.4, -0.2) is 5.91 Å². The number of hydrogen-bond acceptors (Lipinski definition) is 2. The number of aryl methyl sites for hydroxylation is 4. The molecule has 0 saturated carbocycles. The minimum absolute atomic E-state index is 0.00541. The first-order valence-electron chi connectivity index (χ1n) is 6.99. The molecule has 1 amide bonds. The molecule has 2 rings (SSSR count). The van der Waals surface area contributed by atoms with Crippen LogP contribution < -0.4 is 5.32 Å². The molecule has 2 aromatic rings. The van der Waals surface area contributed by atoms with Crippen LogP contribution in [0.25, 0.3) is 0 Å². The molecule has 0 bridgehead atoms. The standard InChI is InChI=1S/C17H21NOS/c1-5-6-14-10-16(20-13(14)4)17(19)18-15-9-11(2)7-8-12(15)3/h7-10H,5-6H2,1-4H3,(H,18,19). The van der Waals surface area contributed by atoms with Crippen LogP contribution in [0.3, 0.4) is 0 Å².